The molecule has 0 aromatic heterocycles. The Morgan fingerprint density at radius 3 is 2.90 bits per heavy atom. The first kappa shape index (κ1) is 12.6. The summed E-state index contributed by atoms with van der Waals surface area (Å²) in [6.45, 7) is 1.98. The minimum atomic E-state index is -0.576. The van der Waals surface area contributed by atoms with Crippen molar-refractivity contribution >= 4 is 11.6 Å². The van der Waals surface area contributed by atoms with E-state index in [1.807, 2.05) is 6.92 Å². The molecule has 2 N–H and O–H groups in total. The highest BCUT2D eigenvalue weighted by Crippen LogP contribution is 2.45. The maximum atomic E-state index is 11.2. The molecule has 0 unspecified atom stereocenters. The second-order valence-corrected chi connectivity index (χ2v) is 4.61. The number of primary amides is 1. The van der Waals surface area contributed by atoms with Crippen LogP contribution in [-0.4, -0.2) is 25.5 Å². The van der Waals surface area contributed by atoms with Crippen molar-refractivity contribution in [3.05, 3.63) is 17.7 Å². The van der Waals surface area contributed by atoms with E-state index >= 15 is 0 Å². The molecule has 2 heterocycles. The lowest BCUT2D eigenvalue weighted by Gasteiger charge is -2.16. The molecule has 20 heavy (non-hydrogen) atoms. The van der Waals surface area contributed by atoms with Gasteiger partial charge in [0.2, 0.25) is 12.5 Å². The smallest absolute Gasteiger partial charge is 0.266 e. The van der Waals surface area contributed by atoms with Crippen LogP contribution in [0.3, 0.4) is 0 Å². The first-order valence-corrected chi connectivity index (χ1v) is 6.13. The predicted octanol–water partition coefficient (Wildman–Crippen LogP) is 0.973. The van der Waals surface area contributed by atoms with E-state index in [1.165, 1.54) is 0 Å². The van der Waals surface area contributed by atoms with Crippen molar-refractivity contribution < 1.29 is 23.8 Å². The summed E-state index contributed by atoms with van der Waals surface area (Å²) >= 11 is 0. The highest BCUT2D eigenvalue weighted by atomic mass is 16.7. The molecule has 2 atom stereocenters. The molecule has 0 radical (unpaired) electrons. The molecule has 7 nitrogen and oxygen atoms in total. The molecule has 0 saturated heterocycles. The Labute approximate surface area is 115 Å². The van der Waals surface area contributed by atoms with E-state index < -0.39 is 12.0 Å². The van der Waals surface area contributed by atoms with Crippen LogP contribution in [0.5, 0.6) is 17.2 Å². The number of nitrogens with zero attached hydrogens (tertiary/aromatic N) is 1. The SMILES string of the molecule is COc1cc([C@@H]2ON=C(C(N)=O)[C@H]2C)cc2c1OCO2. The van der Waals surface area contributed by atoms with E-state index in [0.29, 0.717) is 17.2 Å². The summed E-state index contributed by atoms with van der Waals surface area (Å²) in [6, 6.07) is 3.58. The number of hydrogen-bond donors (Lipinski definition) is 1. The Morgan fingerprint density at radius 2 is 2.25 bits per heavy atom. The van der Waals surface area contributed by atoms with E-state index in [1.54, 1.807) is 19.2 Å². The number of nitrogens with two attached hydrogens (primary N) is 1. The van der Waals surface area contributed by atoms with E-state index in [2.05, 4.69) is 5.16 Å². The third kappa shape index (κ3) is 1.82. The minimum Gasteiger partial charge on any atom is -0.493 e. The fourth-order valence-corrected chi connectivity index (χ4v) is 2.36. The predicted molar refractivity (Wildman–Crippen MR) is 68.7 cm³/mol. The van der Waals surface area contributed by atoms with Gasteiger partial charge in [-0.1, -0.05) is 12.1 Å². The largest absolute Gasteiger partial charge is 0.493 e. The molecular formula is C13H14N2O5. The normalized spacial score (nSPS) is 23.2. The number of rotatable bonds is 3. The zero-order chi connectivity index (χ0) is 14.3. The average molecular weight is 278 g/mol. The lowest BCUT2D eigenvalue weighted by Crippen LogP contribution is -2.28. The van der Waals surface area contributed by atoms with E-state index in [-0.39, 0.29) is 18.4 Å². The lowest BCUT2D eigenvalue weighted by molar-refractivity contribution is -0.112. The van der Waals surface area contributed by atoms with Gasteiger partial charge in [0.05, 0.1) is 13.0 Å². The van der Waals surface area contributed by atoms with Crippen molar-refractivity contribution in [1.82, 2.24) is 0 Å². The number of carbonyl (C=O) groups excluding carboxylic acids is 1. The van der Waals surface area contributed by atoms with Gasteiger partial charge in [-0.2, -0.15) is 0 Å². The van der Waals surface area contributed by atoms with Gasteiger partial charge in [-0.25, -0.2) is 0 Å². The third-order valence-corrected chi connectivity index (χ3v) is 3.41. The van der Waals surface area contributed by atoms with Crippen molar-refractivity contribution in [2.24, 2.45) is 16.8 Å². The van der Waals surface area contributed by atoms with Crippen molar-refractivity contribution in [3.8, 4) is 17.2 Å². The summed E-state index contributed by atoms with van der Waals surface area (Å²) in [5.41, 5.74) is 6.27. The molecule has 1 aromatic carbocycles. The monoisotopic (exact) mass is 278 g/mol. The maximum Gasteiger partial charge on any atom is 0.266 e. The number of methoxy groups -OCH3 is 1. The van der Waals surface area contributed by atoms with Gasteiger partial charge >= 0.3 is 0 Å². The molecule has 0 saturated carbocycles. The number of benzene rings is 1. The summed E-state index contributed by atoms with van der Waals surface area (Å²) in [6.07, 6.45) is -0.402. The number of amides is 1. The minimum absolute atomic E-state index is 0.152. The van der Waals surface area contributed by atoms with Gasteiger partial charge in [-0.3, -0.25) is 4.79 Å². The molecule has 1 amide bonds. The number of hydrogen-bond acceptors (Lipinski definition) is 6. The highest BCUT2D eigenvalue weighted by Gasteiger charge is 2.36. The van der Waals surface area contributed by atoms with Crippen molar-refractivity contribution in [2.45, 2.75) is 13.0 Å². The molecule has 0 bridgehead atoms. The molecule has 1 aromatic rings. The van der Waals surface area contributed by atoms with Crippen molar-refractivity contribution in [2.75, 3.05) is 13.9 Å². The molecule has 2 aliphatic heterocycles. The number of carbonyl (C=O) groups is 1. The standard InChI is InChI=1S/C13H14N2O5/c1-6-10(13(14)16)15-20-11(6)7-3-8(17-2)12-9(4-7)18-5-19-12/h3-4,6,11H,5H2,1-2H3,(H2,14,16)/t6-,11-/m1/s1. The fraction of sp³-hybridized carbons (Fsp3) is 0.385. The van der Waals surface area contributed by atoms with Crippen LogP contribution in [0.1, 0.15) is 18.6 Å². The quantitative estimate of drug-likeness (QED) is 0.889. The molecule has 0 fully saturated rings. The van der Waals surface area contributed by atoms with E-state index in [4.69, 9.17) is 24.8 Å². The van der Waals surface area contributed by atoms with E-state index in [9.17, 15) is 4.79 Å². The molecular weight excluding hydrogens is 264 g/mol. The average Bonchev–Trinajstić information content (AvgIpc) is 3.03. The molecule has 7 heteroatoms. The maximum absolute atomic E-state index is 11.2. The van der Waals surface area contributed by atoms with Crippen LogP contribution >= 0.6 is 0 Å². The number of ether oxygens (including phenoxy) is 3. The summed E-state index contributed by atoms with van der Waals surface area (Å²) in [5, 5.41) is 3.75. The van der Waals surface area contributed by atoms with Crippen LogP contribution in [0.25, 0.3) is 0 Å². The van der Waals surface area contributed by atoms with Crippen molar-refractivity contribution in [3.63, 3.8) is 0 Å². The fourth-order valence-electron chi connectivity index (χ4n) is 2.36. The van der Waals surface area contributed by atoms with Gasteiger partial charge < -0.3 is 24.8 Å². The third-order valence-electron chi connectivity index (χ3n) is 3.41. The number of oxime groups is 1. The molecule has 106 valence electrons. The molecule has 2 aliphatic rings. The van der Waals surface area contributed by atoms with Gasteiger partial charge in [0.1, 0.15) is 0 Å². The van der Waals surface area contributed by atoms with Gasteiger partial charge in [0.25, 0.3) is 5.91 Å². The molecule has 0 aliphatic carbocycles. The Hall–Kier alpha value is -2.44. The van der Waals surface area contributed by atoms with Gasteiger partial charge in [-0.05, 0) is 12.1 Å². The Morgan fingerprint density at radius 1 is 1.45 bits per heavy atom. The summed E-state index contributed by atoms with van der Waals surface area (Å²) in [7, 11) is 1.55. The summed E-state index contributed by atoms with van der Waals surface area (Å²) in [5.74, 6) is 0.893. The molecule has 0 spiro atoms. The first-order valence-electron chi connectivity index (χ1n) is 6.13. The van der Waals surface area contributed by atoms with E-state index in [0.717, 1.165) is 5.56 Å². The van der Waals surface area contributed by atoms with Crippen molar-refractivity contribution in [1.29, 1.82) is 0 Å². The zero-order valence-corrected chi connectivity index (χ0v) is 11.1. The van der Waals surface area contributed by atoms with Crippen LogP contribution in [0, 0.1) is 5.92 Å². The second kappa shape index (κ2) is 4.59. The van der Waals surface area contributed by atoms with Crippen LogP contribution in [0.15, 0.2) is 17.3 Å². The van der Waals surface area contributed by atoms with Crippen LogP contribution in [0.4, 0.5) is 0 Å². The van der Waals surface area contributed by atoms with Crippen LogP contribution in [-0.2, 0) is 9.63 Å². The van der Waals surface area contributed by atoms with Gasteiger partial charge in [-0.15, -0.1) is 0 Å². The first-order chi connectivity index (χ1) is 9.61. The summed E-state index contributed by atoms with van der Waals surface area (Å²) in [4.78, 5) is 16.6. The van der Waals surface area contributed by atoms with Crippen LogP contribution < -0.4 is 19.9 Å². The molecule has 3 rings (SSSR count). The Bertz CT molecular complexity index is 599. The second-order valence-electron chi connectivity index (χ2n) is 4.61. The van der Waals surface area contributed by atoms with Crippen LogP contribution in [0.2, 0.25) is 0 Å². The van der Waals surface area contributed by atoms with Gasteiger partial charge in [0, 0.05) is 5.56 Å². The lowest BCUT2D eigenvalue weighted by atomic mass is 9.93. The highest BCUT2D eigenvalue weighted by molar-refractivity contribution is 6.39. The van der Waals surface area contributed by atoms with Gasteiger partial charge in [0.15, 0.2) is 23.3 Å². The Kier molecular flexibility index (Phi) is 2.89. The zero-order valence-electron chi connectivity index (χ0n) is 11.1. The Balaban J connectivity index is 1.95. The summed E-state index contributed by atoms with van der Waals surface area (Å²) < 4.78 is 16.0. The number of fused-ring (bicyclic) bond motifs is 1. The topological polar surface area (TPSA) is 92.4 Å².